The van der Waals surface area contributed by atoms with E-state index in [2.05, 4.69) is 20.6 Å². The highest BCUT2D eigenvalue weighted by molar-refractivity contribution is 7.13. The SMILES string of the molecule is C[C@H](NC(=O)OC(C)(C)C)c1nc2c(C(F)(F)F)cccc2c(O)c1C(=O)Nc1nccs1. The molecule has 0 aliphatic rings. The maximum Gasteiger partial charge on any atom is 0.418 e. The highest BCUT2D eigenvalue weighted by atomic mass is 32.1. The predicted molar refractivity (Wildman–Crippen MR) is 116 cm³/mol. The molecule has 0 radical (unpaired) electrons. The summed E-state index contributed by atoms with van der Waals surface area (Å²) >= 11 is 1.11. The minimum absolute atomic E-state index is 0.210. The molecule has 0 fully saturated rings. The fraction of sp³-hybridized carbons (Fsp3) is 0.333. The molecule has 0 aliphatic heterocycles. The van der Waals surface area contributed by atoms with Crippen LogP contribution in [0.15, 0.2) is 29.8 Å². The van der Waals surface area contributed by atoms with Crippen molar-refractivity contribution < 1.29 is 32.6 Å². The lowest BCUT2D eigenvalue weighted by molar-refractivity contribution is -0.136. The van der Waals surface area contributed by atoms with Crippen molar-refractivity contribution in [3.05, 3.63) is 46.6 Å². The van der Waals surface area contributed by atoms with Crippen LogP contribution in [0.5, 0.6) is 5.75 Å². The molecule has 8 nitrogen and oxygen atoms in total. The third-order valence-corrected chi connectivity index (χ3v) is 5.03. The van der Waals surface area contributed by atoms with Gasteiger partial charge in [-0.2, -0.15) is 13.2 Å². The number of ether oxygens (including phenoxy) is 1. The minimum Gasteiger partial charge on any atom is -0.506 e. The summed E-state index contributed by atoms with van der Waals surface area (Å²) in [5.41, 5.74) is -3.14. The van der Waals surface area contributed by atoms with E-state index in [0.717, 1.165) is 23.5 Å². The number of nitrogens with one attached hydrogen (secondary N) is 2. The zero-order valence-electron chi connectivity index (χ0n) is 18.1. The first-order valence-corrected chi connectivity index (χ1v) is 10.6. The van der Waals surface area contributed by atoms with Crippen molar-refractivity contribution in [2.45, 2.75) is 45.5 Å². The number of amides is 2. The standard InChI is InChI=1S/C21H21F3N4O4S/c1-10(26-19(31)32-20(2,3)4)14-13(17(30)28-18-25-8-9-33-18)16(29)11-6-5-7-12(15(11)27-14)21(22,23)24/h5-10H,1-4H3,(H,26,31)(H,27,29)(H,25,28,30)/t10-/m0/s1. The van der Waals surface area contributed by atoms with Gasteiger partial charge in [-0.15, -0.1) is 11.3 Å². The van der Waals surface area contributed by atoms with Gasteiger partial charge < -0.3 is 15.2 Å². The van der Waals surface area contributed by atoms with Crippen molar-refractivity contribution in [3.63, 3.8) is 0 Å². The van der Waals surface area contributed by atoms with Crippen molar-refractivity contribution in [2.75, 3.05) is 5.32 Å². The highest BCUT2D eigenvalue weighted by Crippen LogP contribution is 2.39. The van der Waals surface area contributed by atoms with Crippen LogP contribution in [0.1, 0.15) is 55.4 Å². The van der Waals surface area contributed by atoms with Crippen LogP contribution >= 0.6 is 11.3 Å². The topological polar surface area (TPSA) is 113 Å². The Hall–Kier alpha value is -3.41. The Bertz CT molecular complexity index is 1190. The van der Waals surface area contributed by atoms with Gasteiger partial charge in [-0.25, -0.2) is 14.8 Å². The van der Waals surface area contributed by atoms with E-state index in [1.165, 1.54) is 19.2 Å². The summed E-state index contributed by atoms with van der Waals surface area (Å²) in [7, 11) is 0. The molecule has 0 aliphatic carbocycles. The van der Waals surface area contributed by atoms with Gasteiger partial charge in [0.05, 0.1) is 22.8 Å². The Labute approximate surface area is 190 Å². The van der Waals surface area contributed by atoms with Gasteiger partial charge in [-0.1, -0.05) is 6.07 Å². The number of carbonyl (C=O) groups excluding carboxylic acids is 2. The molecule has 1 aromatic carbocycles. The van der Waals surface area contributed by atoms with Crippen molar-refractivity contribution >= 4 is 39.4 Å². The highest BCUT2D eigenvalue weighted by Gasteiger charge is 2.35. The van der Waals surface area contributed by atoms with Gasteiger partial charge >= 0.3 is 12.3 Å². The zero-order valence-corrected chi connectivity index (χ0v) is 18.9. The van der Waals surface area contributed by atoms with E-state index < -0.39 is 46.6 Å². The van der Waals surface area contributed by atoms with Gasteiger partial charge in [0, 0.05) is 17.0 Å². The third kappa shape index (κ3) is 5.51. The number of alkyl halides is 3. The van der Waals surface area contributed by atoms with Crippen molar-refractivity contribution in [1.82, 2.24) is 15.3 Å². The first-order chi connectivity index (χ1) is 15.3. The summed E-state index contributed by atoms with van der Waals surface area (Å²) < 4.78 is 46.0. The number of halogens is 3. The molecule has 2 heterocycles. The predicted octanol–water partition coefficient (Wildman–Crippen LogP) is 5.25. The second-order valence-electron chi connectivity index (χ2n) is 8.08. The second-order valence-corrected chi connectivity index (χ2v) is 8.97. The van der Waals surface area contributed by atoms with Crippen LogP contribution < -0.4 is 10.6 Å². The summed E-state index contributed by atoms with van der Waals surface area (Å²) in [6.07, 6.45) is -4.18. The number of aromatic nitrogens is 2. The number of benzene rings is 1. The second kappa shape index (κ2) is 8.85. The molecular formula is C21H21F3N4O4S. The molecule has 0 saturated heterocycles. The van der Waals surface area contributed by atoms with E-state index in [1.807, 2.05) is 0 Å². The van der Waals surface area contributed by atoms with Crippen LogP contribution in [0.2, 0.25) is 0 Å². The molecule has 3 rings (SSSR count). The summed E-state index contributed by atoms with van der Waals surface area (Å²) in [5, 5.41) is 17.3. The van der Waals surface area contributed by atoms with Crippen molar-refractivity contribution in [1.29, 1.82) is 0 Å². The van der Waals surface area contributed by atoms with E-state index in [1.54, 1.807) is 26.2 Å². The van der Waals surface area contributed by atoms with Gasteiger partial charge in [0.25, 0.3) is 5.91 Å². The number of fused-ring (bicyclic) bond motifs is 1. The summed E-state index contributed by atoms with van der Waals surface area (Å²) in [4.78, 5) is 33.2. The van der Waals surface area contributed by atoms with Crippen LogP contribution in [0, 0.1) is 0 Å². The maximum atomic E-state index is 13.6. The number of aromatic hydroxyl groups is 1. The Balaban J connectivity index is 2.16. The molecule has 176 valence electrons. The molecule has 2 aromatic heterocycles. The molecule has 2 amide bonds. The number of hydrogen-bond acceptors (Lipinski definition) is 7. The number of para-hydroxylation sites is 1. The van der Waals surface area contributed by atoms with E-state index in [4.69, 9.17) is 4.74 Å². The molecule has 3 N–H and O–H groups in total. The Morgan fingerprint density at radius 1 is 1.21 bits per heavy atom. The average molecular weight is 482 g/mol. The average Bonchev–Trinajstić information content (AvgIpc) is 3.17. The molecule has 0 bridgehead atoms. The number of carbonyl (C=O) groups is 2. The van der Waals surface area contributed by atoms with Crippen molar-refractivity contribution in [3.8, 4) is 5.75 Å². The Morgan fingerprint density at radius 3 is 2.48 bits per heavy atom. The number of alkyl carbamates (subject to hydrolysis) is 1. The third-order valence-electron chi connectivity index (χ3n) is 4.34. The number of anilines is 1. The van der Waals surface area contributed by atoms with Gasteiger partial charge in [0.2, 0.25) is 0 Å². The normalized spacial score (nSPS) is 12.9. The molecule has 0 unspecified atom stereocenters. The Morgan fingerprint density at radius 2 is 1.91 bits per heavy atom. The Kier molecular flexibility index (Phi) is 6.50. The summed E-state index contributed by atoms with van der Waals surface area (Å²) in [5.74, 6) is -1.55. The zero-order chi connectivity index (χ0) is 24.6. The van der Waals surface area contributed by atoms with Crippen LogP contribution in [0.3, 0.4) is 0 Å². The van der Waals surface area contributed by atoms with Gasteiger partial charge in [0.1, 0.15) is 16.9 Å². The van der Waals surface area contributed by atoms with Gasteiger partial charge in [0.15, 0.2) is 5.13 Å². The smallest absolute Gasteiger partial charge is 0.418 e. The van der Waals surface area contributed by atoms with Gasteiger partial charge in [-0.05, 0) is 39.8 Å². The summed E-state index contributed by atoms with van der Waals surface area (Å²) in [6, 6.07) is 2.06. The van der Waals surface area contributed by atoms with E-state index in [9.17, 15) is 27.9 Å². The van der Waals surface area contributed by atoms with E-state index >= 15 is 0 Å². The number of nitrogens with zero attached hydrogens (tertiary/aromatic N) is 2. The first-order valence-electron chi connectivity index (χ1n) is 9.71. The fourth-order valence-corrected chi connectivity index (χ4v) is 3.57. The monoisotopic (exact) mass is 482 g/mol. The number of hydrogen-bond donors (Lipinski definition) is 3. The van der Waals surface area contributed by atoms with Crippen LogP contribution in [-0.4, -0.2) is 32.7 Å². The fourth-order valence-electron chi connectivity index (χ4n) is 3.05. The van der Waals surface area contributed by atoms with E-state index in [0.29, 0.717) is 0 Å². The first kappa shape index (κ1) is 24.2. The number of pyridine rings is 1. The lowest BCUT2D eigenvalue weighted by Gasteiger charge is -2.23. The number of thiazole rings is 1. The van der Waals surface area contributed by atoms with Crippen LogP contribution in [-0.2, 0) is 10.9 Å². The van der Waals surface area contributed by atoms with Gasteiger partial charge in [-0.3, -0.25) is 10.1 Å². The molecule has 0 spiro atoms. The molecule has 0 saturated carbocycles. The van der Waals surface area contributed by atoms with Crippen molar-refractivity contribution in [2.24, 2.45) is 0 Å². The quantitative estimate of drug-likeness (QED) is 0.468. The lowest BCUT2D eigenvalue weighted by atomic mass is 10.00. The summed E-state index contributed by atoms with van der Waals surface area (Å²) in [6.45, 7) is 6.33. The van der Waals surface area contributed by atoms with Crippen LogP contribution in [0.4, 0.5) is 23.1 Å². The largest absolute Gasteiger partial charge is 0.506 e. The van der Waals surface area contributed by atoms with E-state index in [-0.39, 0.29) is 21.8 Å². The maximum absolute atomic E-state index is 13.6. The molecule has 3 aromatic rings. The molecule has 12 heteroatoms. The molecular weight excluding hydrogens is 461 g/mol. The van der Waals surface area contributed by atoms with Crippen LogP contribution in [0.25, 0.3) is 10.9 Å². The minimum atomic E-state index is -4.76. The molecule has 1 atom stereocenters. The molecule has 33 heavy (non-hydrogen) atoms. The number of rotatable bonds is 4. The lowest BCUT2D eigenvalue weighted by Crippen LogP contribution is -2.35.